The van der Waals surface area contributed by atoms with E-state index in [4.69, 9.17) is 11.6 Å². The van der Waals surface area contributed by atoms with Crippen molar-refractivity contribution in [1.82, 2.24) is 19.6 Å². The van der Waals surface area contributed by atoms with Crippen molar-refractivity contribution in [3.05, 3.63) is 52.8 Å². The molecule has 27 heavy (non-hydrogen) atoms. The quantitative estimate of drug-likeness (QED) is 0.493. The Kier molecular flexibility index (Phi) is 4.08. The van der Waals surface area contributed by atoms with Gasteiger partial charge in [-0.3, -0.25) is 0 Å². The standard InChI is InChI=1S/C17H10ClF3N4OS/c1-8-4-10(11(18)5-13(8)26)15-23-24-16(27-15)12-7-25-6-9(17(19,20)21)2-3-14(25)22-12/h2-7,26H,1H3. The van der Waals surface area contributed by atoms with Crippen LogP contribution < -0.4 is 0 Å². The molecule has 0 spiro atoms. The fourth-order valence-corrected chi connectivity index (χ4v) is 3.66. The van der Waals surface area contributed by atoms with Crippen molar-refractivity contribution in [3.8, 4) is 27.0 Å². The number of phenolic OH excluding ortho intramolecular Hbond substituents is 1. The highest BCUT2D eigenvalue weighted by Crippen LogP contribution is 2.37. The zero-order valence-corrected chi connectivity index (χ0v) is 15.2. The molecule has 5 nitrogen and oxygen atoms in total. The molecule has 4 rings (SSSR count). The molecule has 0 radical (unpaired) electrons. The van der Waals surface area contributed by atoms with Crippen molar-refractivity contribution in [2.75, 3.05) is 0 Å². The van der Waals surface area contributed by atoms with E-state index in [2.05, 4.69) is 15.2 Å². The van der Waals surface area contributed by atoms with Gasteiger partial charge in [0.15, 0.2) is 5.01 Å². The predicted molar refractivity (Wildman–Crippen MR) is 95.9 cm³/mol. The molecule has 0 saturated carbocycles. The fraction of sp³-hybridized carbons (Fsp3) is 0.118. The van der Waals surface area contributed by atoms with E-state index in [9.17, 15) is 18.3 Å². The van der Waals surface area contributed by atoms with Crippen LogP contribution >= 0.6 is 22.9 Å². The summed E-state index contributed by atoms with van der Waals surface area (Å²) in [5.41, 5.74) is 1.26. The second-order valence-corrected chi connectivity index (χ2v) is 7.22. The molecule has 4 aromatic rings. The van der Waals surface area contributed by atoms with Crippen LogP contribution in [0.2, 0.25) is 5.02 Å². The minimum Gasteiger partial charge on any atom is -0.508 e. The number of hydrogen-bond acceptors (Lipinski definition) is 5. The lowest BCUT2D eigenvalue weighted by Gasteiger charge is -2.05. The van der Waals surface area contributed by atoms with Crippen molar-refractivity contribution in [3.63, 3.8) is 0 Å². The average Bonchev–Trinajstić information content (AvgIpc) is 3.23. The van der Waals surface area contributed by atoms with Gasteiger partial charge in [0, 0.05) is 18.0 Å². The number of alkyl halides is 3. The first kappa shape index (κ1) is 17.7. The summed E-state index contributed by atoms with van der Waals surface area (Å²) in [6.07, 6.45) is -1.98. The van der Waals surface area contributed by atoms with Crippen molar-refractivity contribution in [1.29, 1.82) is 0 Å². The van der Waals surface area contributed by atoms with Gasteiger partial charge >= 0.3 is 6.18 Å². The number of imidazole rings is 1. The number of aromatic nitrogens is 4. The second-order valence-electron chi connectivity index (χ2n) is 5.84. The Balaban J connectivity index is 1.74. The normalized spacial score (nSPS) is 12.0. The molecular weight excluding hydrogens is 401 g/mol. The van der Waals surface area contributed by atoms with Crippen molar-refractivity contribution >= 4 is 28.6 Å². The van der Waals surface area contributed by atoms with E-state index >= 15 is 0 Å². The molecule has 0 aliphatic carbocycles. The maximum Gasteiger partial charge on any atom is 0.417 e. The summed E-state index contributed by atoms with van der Waals surface area (Å²) in [5.74, 6) is 0.0781. The molecule has 0 unspecified atom stereocenters. The molecular formula is C17H10ClF3N4OS. The largest absolute Gasteiger partial charge is 0.508 e. The van der Waals surface area contributed by atoms with Gasteiger partial charge in [-0.2, -0.15) is 13.2 Å². The number of halogens is 4. The Morgan fingerprint density at radius 3 is 2.59 bits per heavy atom. The summed E-state index contributed by atoms with van der Waals surface area (Å²) in [5, 5.41) is 19.2. The highest BCUT2D eigenvalue weighted by atomic mass is 35.5. The Morgan fingerprint density at radius 1 is 1.11 bits per heavy atom. The summed E-state index contributed by atoms with van der Waals surface area (Å²) >= 11 is 7.37. The SMILES string of the molecule is Cc1cc(-c2nnc(-c3cn4cc(C(F)(F)F)ccc4n3)s2)c(Cl)cc1O. The molecule has 3 heterocycles. The first-order valence-electron chi connectivity index (χ1n) is 7.61. The fourth-order valence-electron chi connectivity index (χ4n) is 2.53. The van der Waals surface area contributed by atoms with Gasteiger partial charge in [0.05, 0.1) is 10.6 Å². The topological polar surface area (TPSA) is 63.3 Å². The molecule has 0 aliphatic rings. The van der Waals surface area contributed by atoms with E-state index in [1.165, 1.54) is 34.1 Å². The third-order valence-corrected chi connectivity index (χ3v) is 5.23. The summed E-state index contributed by atoms with van der Waals surface area (Å²) in [6, 6.07) is 5.41. The van der Waals surface area contributed by atoms with Gasteiger partial charge in [0.2, 0.25) is 0 Å². The van der Waals surface area contributed by atoms with Gasteiger partial charge in [-0.25, -0.2) is 4.98 Å². The van der Waals surface area contributed by atoms with Crippen LogP contribution in [0.5, 0.6) is 5.75 Å². The Morgan fingerprint density at radius 2 is 1.85 bits per heavy atom. The smallest absolute Gasteiger partial charge is 0.417 e. The molecule has 0 saturated heterocycles. The predicted octanol–water partition coefficient (Wildman–Crippen LogP) is 5.21. The van der Waals surface area contributed by atoms with Gasteiger partial charge in [0.1, 0.15) is 22.1 Å². The minimum atomic E-state index is -4.43. The number of nitrogens with zero attached hydrogens (tertiary/aromatic N) is 4. The zero-order valence-electron chi connectivity index (χ0n) is 13.6. The van der Waals surface area contributed by atoms with Crippen molar-refractivity contribution in [2.24, 2.45) is 0 Å². The first-order valence-corrected chi connectivity index (χ1v) is 8.81. The van der Waals surface area contributed by atoms with E-state index in [-0.39, 0.29) is 5.75 Å². The molecule has 10 heteroatoms. The molecule has 3 aromatic heterocycles. The molecule has 1 aromatic carbocycles. The van der Waals surface area contributed by atoms with Crippen LogP contribution in [-0.4, -0.2) is 24.7 Å². The number of rotatable bonds is 2. The highest BCUT2D eigenvalue weighted by Gasteiger charge is 2.31. The molecule has 0 amide bonds. The van der Waals surface area contributed by atoms with E-state index in [0.717, 1.165) is 12.3 Å². The van der Waals surface area contributed by atoms with Gasteiger partial charge < -0.3 is 9.51 Å². The van der Waals surface area contributed by atoms with Crippen molar-refractivity contribution in [2.45, 2.75) is 13.1 Å². The molecule has 0 aliphatic heterocycles. The lowest BCUT2D eigenvalue weighted by Crippen LogP contribution is -2.05. The molecule has 138 valence electrons. The van der Waals surface area contributed by atoms with Crippen LogP contribution in [0.25, 0.3) is 26.9 Å². The third kappa shape index (κ3) is 3.24. The van der Waals surface area contributed by atoms with Gasteiger partial charge in [-0.15, -0.1) is 10.2 Å². The monoisotopic (exact) mass is 410 g/mol. The summed E-state index contributed by atoms with van der Waals surface area (Å²) in [7, 11) is 0. The van der Waals surface area contributed by atoms with E-state index in [1.54, 1.807) is 13.0 Å². The second kappa shape index (κ2) is 6.21. The van der Waals surface area contributed by atoms with Crippen LogP contribution in [0.3, 0.4) is 0 Å². The number of pyridine rings is 1. The van der Waals surface area contributed by atoms with E-state index in [1.807, 2.05) is 0 Å². The maximum atomic E-state index is 12.9. The van der Waals surface area contributed by atoms with E-state index < -0.39 is 11.7 Å². The van der Waals surface area contributed by atoms with Gasteiger partial charge in [-0.05, 0) is 36.8 Å². The van der Waals surface area contributed by atoms with Gasteiger partial charge in [0.25, 0.3) is 0 Å². The number of fused-ring (bicyclic) bond motifs is 1. The minimum absolute atomic E-state index is 0.0781. The molecule has 0 bridgehead atoms. The van der Waals surface area contributed by atoms with E-state index in [0.29, 0.717) is 37.5 Å². The number of aromatic hydroxyl groups is 1. The first-order chi connectivity index (χ1) is 12.7. The summed E-state index contributed by atoms with van der Waals surface area (Å²) in [6.45, 7) is 1.73. The van der Waals surface area contributed by atoms with Gasteiger partial charge in [-0.1, -0.05) is 22.9 Å². The Labute approximate surface area is 159 Å². The lowest BCUT2D eigenvalue weighted by molar-refractivity contribution is -0.137. The molecule has 0 atom stereocenters. The van der Waals surface area contributed by atoms with Crippen LogP contribution in [0.4, 0.5) is 13.2 Å². The number of hydrogen-bond donors (Lipinski definition) is 1. The maximum absolute atomic E-state index is 12.9. The Hall–Kier alpha value is -2.65. The highest BCUT2D eigenvalue weighted by molar-refractivity contribution is 7.18. The van der Waals surface area contributed by atoms with Crippen LogP contribution in [0, 0.1) is 6.92 Å². The van der Waals surface area contributed by atoms with Crippen LogP contribution in [-0.2, 0) is 6.18 Å². The third-order valence-electron chi connectivity index (χ3n) is 3.94. The lowest BCUT2D eigenvalue weighted by atomic mass is 10.1. The number of phenols is 1. The molecule has 1 N–H and O–H groups in total. The number of benzene rings is 1. The summed E-state index contributed by atoms with van der Waals surface area (Å²) in [4.78, 5) is 4.30. The molecule has 0 fully saturated rings. The number of aryl methyl sites for hydroxylation is 1. The van der Waals surface area contributed by atoms with Crippen LogP contribution in [0.15, 0.2) is 36.7 Å². The summed E-state index contributed by atoms with van der Waals surface area (Å²) < 4.78 is 39.9. The van der Waals surface area contributed by atoms with Crippen molar-refractivity contribution < 1.29 is 18.3 Å². The van der Waals surface area contributed by atoms with Crippen LogP contribution in [0.1, 0.15) is 11.1 Å². The zero-order chi connectivity index (χ0) is 19.3. The average molecular weight is 411 g/mol. The Bertz CT molecular complexity index is 1170.